The second kappa shape index (κ2) is 4.93. The Morgan fingerprint density at radius 3 is 2.88 bits per heavy atom. The maximum atomic E-state index is 13.3. The van der Waals surface area contributed by atoms with Crippen molar-refractivity contribution in [1.29, 1.82) is 0 Å². The molecule has 1 aliphatic heterocycles. The van der Waals surface area contributed by atoms with Crippen LogP contribution in [0.2, 0.25) is 0 Å². The van der Waals surface area contributed by atoms with Gasteiger partial charge in [-0.1, -0.05) is 19.9 Å². The highest BCUT2D eigenvalue weighted by atomic mass is 19.1. The van der Waals surface area contributed by atoms with Crippen LogP contribution in [0.15, 0.2) is 18.2 Å². The fourth-order valence-corrected chi connectivity index (χ4v) is 2.14. The zero-order valence-electron chi connectivity index (χ0n) is 9.79. The van der Waals surface area contributed by atoms with Crippen molar-refractivity contribution < 1.29 is 9.13 Å². The largest absolute Gasteiger partial charge is 0.378 e. The summed E-state index contributed by atoms with van der Waals surface area (Å²) in [6.45, 7) is 6.45. The van der Waals surface area contributed by atoms with Crippen LogP contribution in [-0.2, 0) is 4.74 Å². The number of morpholine rings is 1. The fourth-order valence-electron chi connectivity index (χ4n) is 2.14. The SMILES string of the molecule is CC(C)c1ccc(F)cc1C1COCCN1. The Morgan fingerprint density at radius 1 is 1.44 bits per heavy atom. The number of rotatable bonds is 2. The summed E-state index contributed by atoms with van der Waals surface area (Å²) in [6, 6.07) is 5.16. The van der Waals surface area contributed by atoms with Crippen LogP contribution in [0.25, 0.3) is 0 Å². The lowest BCUT2D eigenvalue weighted by molar-refractivity contribution is 0.0764. The molecule has 2 rings (SSSR count). The van der Waals surface area contributed by atoms with Gasteiger partial charge in [0.2, 0.25) is 0 Å². The smallest absolute Gasteiger partial charge is 0.123 e. The van der Waals surface area contributed by atoms with Crippen molar-refractivity contribution in [2.45, 2.75) is 25.8 Å². The molecule has 3 heteroatoms. The molecule has 1 saturated heterocycles. The third kappa shape index (κ3) is 2.42. The first-order chi connectivity index (χ1) is 7.68. The van der Waals surface area contributed by atoms with Crippen LogP contribution in [0, 0.1) is 5.82 Å². The molecule has 2 nitrogen and oxygen atoms in total. The molecule has 1 aromatic carbocycles. The Kier molecular flexibility index (Phi) is 3.56. The minimum absolute atomic E-state index is 0.127. The third-order valence-electron chi connectivity index (χ3n) is 2.97. The first-order valence-electron chi connectivity index (χ1n) is 5.79. The van der Waals surface area contributed by atoms with Gasteiger partial charge in [0.05, 0.1) is 19.3 Å². The lowest BCUT2D eigenvalue weighted by Gasteiger charge is -2.27. The van der Waals surface area contributed by atoms with E-state index in [-0.39, 0.29) is 11.9 Å². The van der Waals surface area contributed by atoms with Crippen LogP contribution in [0.4, 0.5) is 4.39 Å². The quantitative estimate of drug-likeness (QED) is 0.832. The summed E-state index contributed by atoms with van der Waals surface area (Å²) in [5.41, 5.74) is 2.24. The molecule has 1 unspecified atom stereocenters. The van der Waals surface area contributed by atoms with Gasteiger partial charge < -0.3 is 10.1 Å². The molecule has 0 bridgehead atoms. The van der Waals surface area contributed by atoms with Crippen molar-refractivity contribution >= 4 is 0 Å². The first kappa shape index (κ1) is 11.6. The second-order valence-corrected chi connectivity index (χ2v) is 4.51. The Hall–Kier alpha value is -0.930. The molecular formula is C13H18FNO. The highest BCUT2D eigenvalue weighted by Crippen LogP contribution is 2.27. The molecule has 1 fully saturated rings. The van der Waals surface area contributed by atoms with Gasteiger partial charge in [-0.05, 0) is 29.2 Å². The van der Waals surface area contributed by atoms with E-state index in [0.717, 1.165) is 18.7 Å². The van der Waals surface area contributed by atoms with E-state index in [9.17, 15) is 4.39 Å². The van der Waals surface area contributed by atoms with Gasteiger partial charge in [-0.3, -0.25) is 0 Å². The van der Waals surface area contributed by atoms with Gasteiger partial charge in [0.15, 0.2) is 0 Å². The number of halogens is 1. The summed E-state index contributed by atoms with van der Waals surface area (Å²) < 4.78 is 18.7. The average molecular weight is 223 g/mol. The molecule has 1 heterocycles. The van der Waals surface area contributed by atoms with Crippen LogP contribution in [0.5, 0.6) is 0 Å². The summed E-state index contributed by atoms with van der Waals surface area (Å²) >= 11 is 0. The molecule has 0 amide bonds. The van der Waals surface area contributed by atoms with E-state index in [2.05, 4.69) is 19.2 Å². The molecule has 1 aliphatic rings. The van der Waals surface area contributed by atoms with Crippen molar-refractivity contribution in [2.75, 3.05) is 19.8 Å². The van der Waals surface area contributed by atoms with Crippen molar-refractivity contribution in [3.05, 3.63) is 35.1 Å². The summed E-state index contributed by atoms with van der Waals surface area (Å²) in [4.78, 5) is 0. The van der Waals surface area contributed by atoms with Gasteiger partial charge in [-0.15, -0.1) is 0 Å². The molecule has 0 spiro atoms. The molecule has 1 aromatic rings. The van der Waals surface area contributed by atoms with Gasteiger partial charge >= 0.3 is 0 Å². The molecule has 1 N–H and O–H groups in total. The van der Waals surface area contributed by atoms with Crippen molar-refractivity contribution in [1.82, 2.24) is 5.32 Å². The van der Waals surface area contributed by atoms with Gasteiger partial charge in [0, 0.05) is 6.54 Å². The lowest BCUT2D eigenvalue weighted by Crippen LogP contribution is -2.35. The Bertz CT molecular complexity index is 359. The first-order valence-corrected chi connectivity index (χ1v) is 5.79. The predicted octanol–water partition coefficient (Wildman–Crippen LogP) is 2.61. The Balaban J connectivity index is 2.32. The molecule has 88 valence electrons. The van der Waals surface area contributed by atoms with E-state index < -0.39 is 0 Å². The number of ether oxygens (including phenoxy) is 1. The van der Waals surface area contributed by atoms with Crippen LogP contribution in [0.1, 0.15) is 36.9 Å². The van der Waals surface area contributed by atoms with E-state index in [1.54, 1.807) is 6.07 Å². The van der Waals surface area contributed by atoms with E-state index in [4.69, 9.17) is 4.74 Å². The molecular weight excluding hydrogens is 205 g/mol. The van der Waals surface area contributed by atoms with E-state index >= 15 is 0 Å². The fraction of sp³-hybridized carbons (Fsp3) is 0.538. The van der Waals surface area contributed by atoms with E-state index in [1.807, 2.05) is 6.07 Å². The predicted molar refractivity (Wildman–Crippen MR) is 62.1 cm³/mol. The summed E-state index contributed by atoms with van der Waals surface area (Å²) in [6.07, 6.45) is 0. The highest BCUT2D eigenvalue weighted by molar-refractivity contribution is 5.33. The standard InChI is InChI=1S/C13H18FNO/c1-9(2)11-4-3-10(14)7-12(11)13-8-16-6-5-15-13/h3-4,7,9,13,15H,5-6,8H2,1-2H3. The minimum Gasteiger partial charge on any atom is -0.378 e. The van der Waals surface area contributed by atoms with Gasteiger partial charge in [0.25, 0.3) is 0 Å². The third-order valence-corrected chi connectivity index (χ3v) is 2.97. The maximum Gasteiger partial charge on any atom is 0.123 e. The number of benzene rings is 1. The normalized spacial score (nSPS) is 21.4. The molecule has 16 heavy (non-hydrogen) atoms. The molecule has 0 aromatic heterocycles. The van der Waals surface area contributed by atoms with E-state index in [1.165, 1.54) is 11.6 Å². The van der Waals surface area contributed by atoms with Crippen molar-refractivity contribution in [3.63, 3.8) is 0 Å². The minimum atomic E-state index is -0.174. The number of hydrogen-bond acceptors (Lipinski definition) is 2. The van der Waals surface area contributed by atoms with Gasteiger partial charge in [-0.2, -0.15) is 0 Å². The molecule has 0 saturated carbocycles. The van der Waals surface area contributed by atoms with Crippen molar-refractivity contribution in [2.24, 2.45) is 0 Å². The van der Waals surface area contributed by atoms with E-state index in [0.29, 0.717) is 12.5 Å². The summed E-state index contributed by atoms with van der Waals surface area (Å²) in [5.74, 6) is 0.228. The van der Waals surface area contributed by atoms with Gasteiger partial charge in [0.1, 0.15) is 5.82 Å². The summed E-state index contributed by atoms with van der Waals surface area (Å²) in [5, 5.41) is 3.37. The average Bonchev–Trinajstić information content (AvgIpc) is 2.29. The van der Waals surface area contributed by atoms with Crippen LogP contribution < -0.4 is 5.32 Å². The van der Waals surface area contributed by atoms with Gasteiger partial charge in [-0.25, -0.2) is 4.39 Å². The monoisotopic (exact) mass is 223 g/mol. The zero-order valence-corrected chi connectivity index (χ0v) is 9.79. The molecule has 1 atom stereocenters. The van der Waals surface area contributed by atoms with Crippen LogP contribution in [-0.4, -0.2) is 19.8 Å². The van der Waals surface area contributed by atoms with Crippen LogP contribution in [0.3, 0.4) is 0 Å². The molecule has 0 aliphatic carbocycles. The molecule has 0 radical (unpaired) electrons. The lowest BCUT2D eigenvalue weighted by atomic mass is 9.92. The second-order valence-electron chi connectivity index (χ2n) is 4.51. The number of hydrogen-bond donors (Lipinski definition) is 1. The zero-order chi connectivity index (χ0) is 11.5. The highest BCUT2D eigenvalue weighted by Gasteiger charge is 2.19. The Labute approximate surface area is 95.8 Å². The van der Waals surface area contributed by atoms with Crippen LogP contribution >= 0.6 is 0 Å². The topological polar surface area (TPSA) is 21.3 Å². The maximum absolute atomic E-state index is 13.3. The summed E-state index contributed by atoms with van der Waals surface area (Å²) in [7, 11) is 0. The van der Waals surface area contributed by atoms with Crippen molar-refractivity contribution in [3.8, 4) is 0 Å². The Morgan fingerprint density at radius 2 is 2.25 bits per heavy atom. The number of nitrogens with one attached hydrogen (secondary N) is 1.